The number of amides is 1. The Morgan fingerprint density at radius 3 is 2.85 bits per heavy atom. The fourth-order valence-corrected chi connectivity index (χ4v) is 3.39. The highest BCUT2D eigenvalue weighted by Crippen LogP contribution is 2.23. The van der Waals surface area contributed by atoms with E-state index in [2.05, 4.69) is 35.5 Å². The Kier molecular flexibility index (Phi) is 4.46. The lowest BCUT2D eigenvalue weighted by atomic mass is 10.1. The number of fused-ring (bicyclic) bond motifs is 1. The average molecular weight is 379 g/mol. The van der Waals surface area contributed by atoms with Crippen LogP contribution in [0.25, 0.3) is 10.9 Å². The van der Waals surface area contributed by atoms with E-state index >= 15 is 0 Å². The molecule has 4 aromatic rings. The second kappa shape index (κ2) is 6.93. The predicted octanol–water partition coefficient (Wildman–Crippen LogP) is 4.64. The summed E-state index contributed by atoms with van der Waals surface area (Å²) in [5.74, 6) is -0.181. The molecule has 0 radical (unpaired) electrons. The smallest absolute Gasteiger partial charge is 0.272 e. The zero-order valence-corrected chi connectivity index (χ0v) is 15.9. The number of anilines is 1. The number of rotatable bonds is 4. The van der Waals surface area contributed by atoms with Crippen LogP contribution in [-0.4, -0.2) is 20.3 Å². The van der Waals surface area contributed by atoms with E-state index in [4.69, 9.17) is 11.6 Å². The van der Waals surface area contributed by atoms with Gasteiger partial charge in [-0.3, -0.25) is 9.48 Å². The first kappa shape index (κ1) is 17.4. The molecule has 1 amide bonds. The first-order valence-corrected chi connectivity index (χ1v) is 9.02. The molecule has 0 saturated heterocycles. The van der Waals surface area contributed by atoms with Gasteiger partial charge in [-0.25, -0.2) is 0 Å². The Hall–Kier alpha value is -3.05. The third-order valence-corrected chi connectivity index (χ3v) is 4.79. The molecule has 2 aromatic carbocycles. The van der Waals surface area contributed by atoms with Crippen molar-refractivity contribution < 1.29 is 4.79 Å². The first-order valence-electron chi connectivity index (χ1n) is 8.64. The SMILES string of the molecule is Cc1cccc(Cn2cc(NC(=O)c3cc4ccc(Cl)cc4n3C)cn2)c1. The highest BCUT2D eigenvalue weighted by Gasteiger charge is 2.14. The van der Waals surface area contributed by atoms with Crippen molar-refractivity contribution in [1.82, 2.24) is 14.3 Å². The summed E-state index contributed by atoms with van der Waals surface area (Å²) in [7, 11) is 1.86. The van der Waals surface area contributed by atoms with E-state index in [-0.39, 0.29) is 5.91 Å². The van der Waals surface area contributed by atoms with E-state index in [1.165, 1.54) is 11.1 Å². The summed E-state index contributed by atoms with van der Waals surface area (Å²) in [6.07, 6.45) is 3.49. The normalized spacial score (nSPS) is 11.1. The van der Waals surface area contributed by atoms with E-state index in [1.807, 2.05) is 52.8 Å². The first-order chi connectivity index (χ1) is 13.0. The Morgan fingerprint density at radius 2 is 2.04 bits per heavy atom. The van der Waals surface area contributed by atoms with Gasteiger partial charge in [-0.1, -0.05) is 47.5 Å². The van der Waals surface area contributed by atoms with Gasteiger partial charge in [0.05, 0.1) is 18.4 Å². The van der Waals surface area contributed by atoms with Crippen LogP contribution in [0.3, 0.4) is 0 Å². The molecule has 27 heavy (non-hydrogen) atoms. The molecule has 2 aromatic heterocycles. The van der Waals surface area contributed by atoms with Gasteiger partial charge in [0, 0.05) is 29.2 Å². The van der Waals surface area contributed by atoms with Crippen LogP contribution in [0, 0.1) is 6.92 Å². The number of hydrogen-bond donors (Lipinski definition) is 1. The van der Waals surface area contributed by atoms with Crippen LogP contribution >= 0.6 is 11.6 Å². The molecule has 2 heterocycles. The van der Waals surface area contributed by atoms with Gasteiger partial charge in [0.2, 0.25) is 0 Å². The van der Waals surface area contributed by atoms with Gasteiger partial charge in [-0.2, -0.15) is 5.10 Å². The quantitative estimate of drug-likeness (QED) is 0.562. The van der Waals surface area contributed by atoms with Crippen molar-refractivity contribution in [3.63, 3.8) is 0 Å². The topological polar surface area (TPSA) is 51.9 Å². The van der Waals surface area contributed by atoms with Gasteiger partial charge in [-0.15, -0.1) is 0 Å². The Labute approximate surface area is 162 Å². The molecule has 0 aliphatic heterocycles. The van der Waals surface area contributed by atoms with Crippen LogP contribution in [-0.2, 0) is 13.6 Å². The third-order valence-electron chi connectivity index (χ3n) is 4.56. The van der Waals surface area contributed by atoms with Crippen LogP contribution < -0.4 is 5.32 Å². The van der Waals surface area contributed by atoms with Crippen molar-refractivity contribution in [2.45, 2.75) is 13.5 Å². The molecular weight excluding hydrogens is 360 g/mol. The second-order valence-corrected chi connectivity index (χ2v) is 7.10. The summed E-state index contributed by atoms with van der Waals surface area (Å²) in [4.78, 5) is 12.7. The molecule has 0 bridgehead atoms. The minimum Gasteiger partial charge on any atom is -0.340 e. The molecule has 0 atom stereocenters. The lowest BCUT2D eigenvalue weighted by molar-refractivity contribution is 0.101. The van der Waals surface area contributed by atoms with Crippen LogP contribution in [0.15, 0.2) is 60.9 Å². The number of nitrogens with zero attached hydrogens (tertiary/aromatic N) is 3. The number of halogens is 1. The second-order valence-electron chi connectivity index (χ2n) is 6.66. The molecule has 5 nitrogen and oxygen atoms in total. The van der Waals surface area contributed by atoms with Crippen molar-refractivity contribution in [2.75, 3.05) is 5.32 Å². The summed E-state index contributed by atoms with van der Waals surface area (Å²) in [6.45, 7) is 2.72. The zero-order valence-electron chi connectivity index (χ0n) is 15.1. The highest BCUT2D eigenvalue weighted by atomic mass is 35.5. The van der Waals surface area contributed by atoms with E-state index in [0.717, 1.165) is 10.9 Å². The van der Waals surface area contributed by atoms with Crippen LogP contribution in [0.2, 0.25) is 5.02 Å². The van der Waals surface area contributed by atoms with Crippen LogP contribution in [0.5, 0.6) is 0 Å². The van der Waals surface area contributed by atoms with Crippen molar-refractivity contribution in [1.29, 1.82) is 0 Å². The van der Waals surface area contributed by atoms with E-state index in [0.29, 0.717) is 22.9 Å². The maximum Gasteiger partial charge on any atom is 0.272 e. The lowest BCUT2D eigenvalue weighted by Gasteiger charge is -2.05. The number of nitrogens with one attached hydrogen (secondary N) is 1. The van der Waals surface area contributed by atoms with Crippen molar-refractivity contribution >= 4 is 34.1 Å². The molecule has 0 fully saturated rings. The fourth-order valence-electron chi connectivity index (χ4n) is 3.23. The van der Waals surface area contributed by atoms with Gasteiger partial charge in [-0.05, 0) is 30.7 Å². The Balaban J connectivity index is 1.52. The summed E-state index contributed by atoms with van der Waals surface area (Å²) in [5.41, 5.74) is 4.53. The molecule has 0 saturated carbocycles. The number of aryl methyl sites for hydroxylation is 2. The largest absolute Gasteiger partial charge is 0.340 e. The highest BCUT2D eigenvalue weighted by molar-refractivity contribution is 6.31. The molecule has 0 spiro atoms. The number of benzene rings is 2. The molecular formula is C21H19ClN4O. The summed E-state index contributed by atoms with van der Waals surface area (Å²) in [6, 6.07) is 15.7. The summed E-state index contributed by atoms with van der Waals surface area (Å²) >= 11 is 6.06. The monoisotopic (exact) mass is 378 g/mol. The molecule has 4 rings (SSSR count). The molecule has 1 N–H and O–H groups in total. The zero-order chi connectivity index (χ0) is 19.0. The van der Waals surface area contributed by atoms with Gasteiger partial charge in [0.25, 0.3) is 5.91 Å². The number of carbonyl (C=O) groups is 1. The maximum absolute atomic E-state index is 12.7. The molecule has 136 valence electrons. The maximum atomic E-state index is 12.7. The number of hydrogen-bond acceptors (Lipinski definition) is 2. The van der Waals surface area contributed by atoms with Gasteiger partial charge >= 0.3 is 0 Å². The molecule has 0 aliphatic carbocycles. The van der Waals surface area contributed by atoms with Gasteiger partial charge in [0.1, 0.15) is 5.69 Å². The van der Waals surface area contributed by atoms with Crippen molar-refractivity contribution in [2.24, 2.45) is 7.05 Å². The summed E-state index contributed by atoms with van der Waals surface area (Å²) in [5, 5.41) is 8.88. The fraction of sp³-hybridized carbons (Fsp3) is 0.143. The summed E-state index contributed by atoms with van der Waals surface area (Å²) < 4.78 is 3.65. The number of carbonyl (C=O) groups excluding carboxylic acids is 1. The van der Waals surface area contributed by atoms with E-state index in [1.54, 1.807) is 6.20 Å². The van der Waals surface area contributed by atoms with Gasteiger partial charge < -0.3 is 9.88 Å². The number of aromatic nitrogens is 3. The molecule has 0 unspecified atom stereocenters. The van der Waals surface area contributed by atoms with Crippen molar-refractivity contribution in [3.8, 4) is 0 Å². The third kappa shape index (κ3) is 3.59. The minimum absolute atomic E-state index is 0.181. The minimum atomic E-state index is -0.181. The van der Waals surface area contributed by atoms with E-state index in [9.17, 15) is 4.79 Å². The van der Waals surface area contributed by atoms with Crippen molar-refractivity contribution in [3.05, 3.63) is 82.8 Å². The average Bonchev–Trinajstić information content (AvgIpc) is 3.19. The van der Waals surface area contributed by atoms with E-state index < -0.39 is 0 Å². The Morgan fingerprint density at radius 1 is 1.19 bits per heavy atom. The predicted molar refractivity (Wildman–Crippen MR) is 108 cm³/mol. The standard InChI is InChI=1S/C21H19ClN4O/c1-14-4-3-5-15(8-14)12-26-13-18(11-23-26)24-21(27)20-9-16-6-7-17(22)10-19(16)25(20)2/h3-11,13H,12H2,1-2H3,(H,24,27). The van der Waals surface area contributed by atoms with Gasteiger partial charge in [0.15, 0.2) is 0 Å². The van der Waals surface area contributed by atoms with Crippen LogP contribution in [0.4, 0.5) is 5.69 Å². The molecule has 0 aliphatic rings. The molecule has 6 heteroatoms. The lowest BCUT2D eigenvalue weighted by Crippen LogP contribution is -2.15. The van der Waals surface area contributed by atoms with Crippen LogP contribution in [0.1, 0.15) is 21.6 Å². The Bertz CT molecular complexity index is 1140.